The molecule has 0 aliphatic carbocycles. The minimum Gasteiger partial charge on any atom is -0.469 e. The molecular formula is C12H14N2O2. The second-order valence-electron chi connectivity index (χ2n) is 3.27. The van der Waals surface area contributed by atoms with E-state index in [9.17, 15) is 4.79 Å². The number of carbonyl (C=O) groups is 1. The van der Waals surface area contributed by atoms with Crippen LogP contribution in [0.25, 0.3) is 0 Å². The molecular weight excluding hydrogens is 204 g/mol. The maximum Gasteiger partial charge on any atom is 0.306 e. The van der Waals surface area contributed by atoms with Crippen LogP contribution < -0.4 is 5.32 Å². The molecule has 1 N–H and O–H groups in total. The molecule has 84 valence electrons. The van der Waals surface area contributed by atoms with E-state index in [0.29, 0.717) is 25.1 Å². The van der Waals surface area contributed by atoms with E-state index in [1.165, 1.54) is 7.11 Å². The summed E-state index contributed by atoms with van der Waals surface area (Å²) in [6, 6.07) is 9.51. The second-order valence-corrected chi connectivity index (χ2v) is 3.27. The van der Waals surface area contributed by atoms with Gasteiger partial charge in [0.05, 0.1) is 25.2 Å². The molecule has 0 saturated heterocycles. The third-order valence-corrected chi connectivity index (χ3v) is 2.19. The zero-order valence-electron chi connectivity index (χ0n) is 9.19. The zero-order chi connectivity index (χ0) is 11.8. The van der Waals surface area contributed by atoms with Gasteiger partial charge in [0, 0.05) is 13.1 Å². The molecule has 0 radical (unpaired) electrons. The number of nitrogens with zero attached hydrogens (tertiary/aromatic N) is 1. The summed E-state index contributed by atoms with van der Waals surface area (Å²) < 4.78 is 4.52. The SMILES string of the molecule is COC(=O)CCNCc1ccccc1C#N. The third kappa shape index (κ3) is 3.71. The van der Waals surface area contributed by atoms with Crippen molar-refractivity contribution in [2.75, 3.05) is 13.7 Å². The summed E-state index contributed by atoms with van der Waals surface area (Å²) in [5, 5.41) is 11.9. The lowest BCUT2D eigenvalue weighted by atomic mass is 10.1. The van der Waals surface area contributed by atoms with Gasteiger partial charge in [0.25, 0.3) is 0 Å². The number of rotatable bonds is 5. The van der Waals surface area contributed by atoms with Crippen molar-refractivity contribution >= 4 is 5.97 Å². The van der Waals surface area contributed by atoms with Crippen molar-refractivity contribution in [3.8, 4) is 6.07 Å². The Balaban J connectivity index is 2.38. The fourth-order valence-electron chi connectivity index (χ4n) is 1.30. The van der Waals surface area contributed by atoms with E-state index in [-0.39, 0.29) is 5.97 Å². The lowest BCUT2D eigenvalue weighted by Crippen LogP contribution is -2.18. The van der Waals surface area contributed by atoms with Gasteiger partial charge in [-0.3, -0.25) is 4.79 Å². The average molecular weight is 218 g/mol. The largest absolute Gasteiger partial charge is 0.469 e. The van der Waals surface area contributed by atoms with Gasteiger partial charge in [-0.15, -0.1) is 0 Å². The van der Waals surface area contributed by atoms with Crippen molar-refractivity contribution in [3.05, 3.63) is 35.4 Å². The number of methoxy groups -OCH3 is 1. The number of nitrogens with one attached hydrogen (secondary N) is 1. The van der Waals surface area contributed by atoms with Gasteiger partial charge in [0.15, 0.2) is 0 Å². The van der Waals surface area contributed by atoms with Gasteiger partial charge in [-0.25, -0.2) is 0 Å². The molecule has 0 spiro atoms. The Morgan fingerprint density at radius 2 is 2.25 bits per heavy atom. The summed E-state index contributed by atoms with van der Waals surface area (Å²) in [6.45, 7) is 1.13. The molecule has 0 saturated carbocycles. The summed E-state index contributed by atoms with van der Waals surface area (Å²) >= 11 is 0. The predicted octanol–water partition coefficient (Wildman–Crippen LogP) is 1.21. The molecule has 0 unspecified atom stereocenters. The van der Waals surface area contributed by atoms with E-state index >= 15 is 0 Å². The van der Waals surface area contributed by atoms with Gasteiger partial charge >= 0.3 is 5.97 Å². The Labute approximate surface area is 94.8 Å². The van der Waals surface area contributed by atoms with Crippen LogP contribution in [0, 0.1) is 11.3 Å². The first-order chi connectivity index (χ1) is 7.77. The zero-order valence-corrected chi connectivity index (χ0v) is 9.19. The number of esters is 1. The van der Waals surface area contributed by atoms with E-state index < -0.39 is 0 Å². The number of carbonyl (C=O) groups excluding carboxylic acids is 1. The lowest BCUT2D eigenvalue weighted by molar-refractivity contribution is -0.140. The Morgan fingerprint density at radius 1 is 1.50 bits per heavy atom. The number of hydrogen-bond donors (Lipinski definition) is 1. The van der Waals surface area contributed by atoms with Crippen molar-refractivity contribution in [2.45, 2.75) is 13.0 Å². The van der Waals surface area contributed by atoms with Crippen molar-refractivity contribution in [1.82, 2.24) is 5.32 Å². The van der Waals surface area contributed by atoms with Crippen LogP contribution in [0.4, 0.5) is 0 Å². The van der Waals surface area contributed by atoms with E-state index in [1.54, 1.807) is 6.07 Å². The molecule has 0 aromatic heterocycles. The fraction of sp³-hybridized carbons (Fsp3) is 0.333. The van der Waals surface area contributed by atoms with Crippen LogP contribution in [0.15, 0.2) is 24.3 Å². The third-order valence-electron chi connectivity index (χ3n) is 2.19. The van der Waals surface area contributed by atoms with Gasteiger partial charge < -0.3 is 10.1 Å². The minimum atomic E-state index is -0.235. The van der Waals surface area contributed by atoms with Crippen molar-refractivity contribution in [1.29, 1.82) is 5.26 Å². The van der Waals surface area contributed by atoms with E-state index in [1.807, 2.05) is 18.2 Å². The quantitative estimate of drug-likeness (QED) is 0.596. The van der Waals surface area contributed by atoms with E-state index in [4.69, 9.17) is 5.26 Å². The molecule has 0 aliphatic heterocycles. The van der Waals surface area contributed by atoms with Crippen molar-refractivity contribution in [2.24, 2.45) is 0 Å². The van der Waals surface area contributed by atoms with Crippen LogP contribution >= 0.6 is 0 Å². The molecule has 0 fully saturated rings. The number of hydrogen-bond acceptors (Lipinski definition) is 4. The van der Waals surface area contributed by atoms with Crippen molar-refractivity contribution < 1.29 is 9.53 Å². The van der Waals surface area contributed by atoms with Gasteiger partial charge in [0.2, 0.25) is 0 Å². The maximum atomic E-state index is 10.8. The number of ether oxygens (including phenoxy) is 1. The topological polar surface area (TPSA) is 62.1 Å². The molecule has 0 atom stereocenters. The fourth-order valence-corrected chi connectivity index (χ4v) is 1.30. The minimum absolute atomic E-state index is 0.235. The summed E-state index contributed by atoms with van der Waals surface area (Å²) in [4.78, 5) is 10.8. The maximum absolute atomic E-state index is 10.8. The Kier molecular flexibility index (Phi) is 5.03. The molecule has 16 heavy (non-hydrogen) atoms. The van der Waals surface area contributed by atoms with Crippen LogP contribution in [0.3, 0.4) is 0 Å². The second kappa shape index (κ2) is 6.59. The smallest absolute Gasteiger partial charge is 0.306 e. The molecule has 4 heteroatoms. The average Bonchev–Trinajstić information content (AvgIpc) is 2.34. The molecule has 1 rings (SSSR count). The van der Waals surface area contributed by atoms with Gasteiger partial charge in [-0.05, 0) is 11.6 Å². The molecule has 0 heterocycles. The first-order valence-electron chi connectivity index (χ1n) is 5.03. The van der Waals surface area contributed by atoms with E-state index in [0.717, 1.165) is 5.56 Å². The first kappa shape index (κ1) is 12.2. The standard InChI is InChI=1S/C12H14N2O2/c1-16-12(15)6-7-14-9-11-5-3-2-4-10(11)8-13/h2-5,14H,6-7,9H2,1H3. The normalized spacial score (nSPS) is 9.50. The Hall–Kier alpha value is -1.86. The lowest BCUT2D eigenvalue weighted by Gasteiger charge is -2.05. The summed E-state index contributed by atoms with van der Waals surface area (Å²) in [6.07, 6.45) is 0.339. The van der Waals surface area contributed by atoms with E-state index in [2.05, 4.69) is 16.1 Å². The van der Waals surface area contributed by atoms with Gasteiger partial charge in [-0.1, -0.05) is 18.2 Å². The molecule has 0 amide bonds. The molecule has 4 nitrogen and oxygen atoms in total. The van der Waals surface area contributed by atoms with Crippen LogP contribution in [0.5, 0.6) is 0 Å². The summed E-state index contributed by atoms with van der Waals surface area (Å²) in [7, 11) is 1.37. The highest BCUT2D eigenvalue weighted by Crippen LogP contribution is 2.06. The van der Waals surface area contributed by atoms with Crippen LogP contribution in [-0.2, 0) is 16.1 Å². The molecule has 1 aromatic carbocycles. The highest BCUT2D eigenvalue weighted by atomic mass is 16.5. The summed E-state index contributed by atoms with van der Waals surface area (Å²) in [5.41, 5.74) is 1.60. The van der Waals surface area contributed by atoms with Crippen LogP contribution in [0.2, 0.25) is 0 Å². The van der Waals surface area contributed by atoms with Crippen LogP contribution in [0.1, 0.15) is 17.5 Å². The highest BCUT2D eigenvalue weighted by Gasteiger charge is 2.01. The molecule has 0 bridgehead atoms. The monoisotopic (exact) mass is 218 g/mol. The predicted molar refractivity (Wildman–Crippen MR) is 59.5 cm³/mol. The van der Waals surface area contributed by atoms with Crippen LogP contribution in [-0.4, -0.2) is 19.6 Å². The number of nitriles is 1. The van der Waals surface area contributed by atoms with Gasteiger partial charge in [-0.2, -0.15) is 5.26 Å². The molecule has 0 aliphatic rings. The number of benzene rings is 1. The Bertz CT molecular complexity index is 396. The molecule has 1 aromatic rings. The first-order valence-corrected chi connectivity index (χ1v) is 5.03. The highest BCUT2D eigenvalue weighted by molar-refractivity contribution is 5.69. The Morgan fingerprint density at radius 3 is 2.94 bits per heavy atom. The van der Waals surface area contributed by atoms with Gasteiger partial charge in [0.1, 0.15) is 0 Å². The summed E-state index contributed by atoms with van der Waals surface area (Å²) in [5.74, 6) is -0.235. The van der Waals surface area contributed by atoms with Crippen molar-refractivity contribution in [3.63, 3.8) is 0 Å².